The topological polar surface area (TPSA) is 48.0 Å². The van der Waals surface area contributed by atoms with E-state index in [1.54, 1.807) is 16.7 Å². The quantitative estimate of drug-likeness (QED) is 0.654. The van der Waals surface area contributed by atoms with Crippen molar-refractivity contribution in [2.24, 2.45) is 5.73 Å². The standard InChI is InChI=1S/C8H12N2O/c1-7-2-3-8(11)10(6-7)5-4-9/h2-3,6H,4-5,9H2,1H3. The van der Waals surface area contributed by atoms with Crippen molar-refractivity contribution < 1.29 is 0 Å². The number of nitrogens with two attached hydrogens (primary N) is 1. The Hall–Kier alpha value is -1.09. The van der Waals surface area contributed by atoms with E-state index in [-0.39, 0.29) is 5.56 Å². The van der Waals surface area contributed by atoms with Gasteiger partial charge in [0.15, 0.2) is 0 Å². The fourth-order valence-corrected chi connectivity index (χ4v) is 0.965. The van der Waals surface area contributed by atoms with Crippen molar-refractivity contribution in [3.63, 3.8) is 0 Å². The summed E-state index contributed by atoms with van der Waals surface area (Å²) >= 11 is 0. The minimum atomic E-state index is 0.0149. The fraction of sp³-hybridized carbons (Fsp3) is 0.375. The van der Waals surface area contributed by atoms with Crippen molar-refractivity contribution in [2.75, 3.05) is 6.54 Å². The van der Waals surface area contributed by atoms with Gasteiger partial charge >= 0.3 is 0 Å². The Balaban J connectivity index is 3.03. The van der Waals surface area contributed by atoms with Gasteiger partial charge in [-0.15, -0.1) is 0 Å². The highest BCUT2D eigenvalue weighted by atomic mass is 16.1. The molecule has 0 aromatic carbocycles. The third-order valence-corrected chi connectivity index (χ3v) is 1.50. The average molecular weight is 152 g/mol. The van der Waals surface area contributed by atoms with Crippen LogP contribution in [0.5, 0.6) is 0 Å². The zero-order chi connectivity index (χ0) is 8.27. The van der Waals surface area contributed by atoms with E-state index >= 15 is 0 Å². The van der Waals surface area contributed by atoms with Crippen LogP contribution in [0.2, 0.25) is 0 Å². The maximum atomic E-state index is 11.1. The third kappa shape index (κ3) is 1.91. The lowest BCUT2D eigenvalue weighted by Gasteiger charge is -2.02. The van der Waals surface area contributed by atoms with Crippen LogP contribution in [-0.2, 0) is 6.54 Å². The van der Waals surface area contributed by atoms with E-state index in [2.05, 4.69) is 0 Å². The summed E-state index contributed by atoms with van der Waals surface area (Å²) in [7, 11) is 0. The molecular formula is C8H12N2O. The van der Waals surface area contributed by atoms with Crippen molar-refractivity contribution in [2.45, 2.75) is 13.5 Å². The molecular weight excluding hydrogens is 140 g/mol. The molecule has 0 spiro atoms. The number of hydrogen-bond acceptors (Lipinski definition) is 2. The van der Waals surface area contributed by atoms with Crippen molar-refractivity contribution in [1.82, 2.24) is 4.57 Å². The van der Waals surface area contributed by atoms with Crippen molar-refractivity contribution >= 4 is 0 Å². The summed E-state index contributed by atoms with van der Waals surface area (Å²) in [4.78, 5) is 11.1. The highest BCUT2D eigenvalue weighted by Gasteiger charge is 1.92. The molecule has 0 saturated carbocycles. The zero-order valence-corrected chi connectivity index (χ0v) is 6.58. The smallest absolute Gasteiger partial charge is 0.250 e. The van der Waals surface area contributed by atoms with Gasteiger partial charge in [0, 0.05) is 25.4 Å². The van der Waals surface area contributed by atoms with Gasteiger partial charge in [-0.05, 0) is 12.5 Å². The predicted octanol–water partition coefficient (Wildman–Crippen LogP) is 0.115. The van der Waals surface area contributed by atoms with Crippen molar-refractivity contribution in [3.05, 3.63) is 34.2 Å². The number of aryl methyl sites for hydroxylation is 1. The average Bonchev–Trinajstić information content (AvgIpc) is 1.98. The predicted molar refractivity (Wildman–Crippen MR) is 44.5 cm³/mol. The van der Waals surface area contributed by atoms with Gasteiger partial charge in [-0.2, -0.15) is 0 Å². The summed E-state index contributed by atoms with van der Waals surface area (Å²) in [5.41, 5.74) is 6.42. The van der Waals surface area contributed by atoms with Crippen molar-refractivity contribution in [1.29, 1.82) is 0 Å². The number of nitrogens with zero attached hydrogens (tertiary/aromatic N) is 1. The molecule has 1 heterocycles. The monoisotopic (exact) mass is 152 g/mol. The van der Waals surface area contributed by atoms with Gasteiger partial charge in [0.1, 0.15) is 0 Å². The van der Waals surface area contributed by atoms with E-state index in [4.69, 9.17) is 5.73 Å². The molecule has 2 N–H and O–H groups in total. The molecule has 0 aliphatic rings. The largest absolute Gasteiger partial charge is 0.329 e. The molecule has 0 saturated heterocycles. The summed E-state index contributed by atoms with van der Waals surface area (Å²) in [6.45, 7) is 3.05. The van der Waals surface area contributed by atoms with Crippen LogP contribution >= 0.6 is 0 Å². The first-order valence-electron chi connectivity index (χ1n) is 3.61. The Bertz CT molecular complexity index is 290. The molecule has 0 aliphatic carbocycles. The lowest BCUT2D eigenvalue weighted by atomic mass is 10.3. The molecule has 1 rings (SSSR count). The second-order valence-corrected chi connectivity index (χ2v) is 2.53. The minimum Gasteiger partial charge on any atom is -0.329 e. The first-order chi connectivity index (χ1) is 5.24. The van der Waals surface area contributed by atoms with Crippen LogP contribution < -0.4 is 11.3 Å². The van der Waals surface area contributed by atoms with Crippen LogP contribution in [0.15, 0.2) is 23.1 Å². The Morgan fingerprint density at radius 3 is 2.91 bits per heavy atom. The molecule has 11 heavy (non-hydrogen) atoms. The van der Waals surface area contributed by atoms with Crippen LogP contribution in [0.25, 0.3) is 0 Å². The third-order valence-electron chi connectivity index (χ3n) is 1.50. The van der Waals surface area contributed by atoms with Crippen molar-refractivity contribution in [3.8, 4) is 0 Å². The van der Waals surface area contributed by atoms with Gasteiger partial charge in [0.25, 0.3) is 5.56 Å². The minimum absolute atomic E-state index is 0.0149. The van der Waals surface area contributed by atoms with E-state index in [0.717, 1.165) is 5.56 Å². The van der Waals surface area contributed by atoms with E-state index in [1.807, 2.05) is 13.1 Å². The Kier molecular flexibility index (Phi) is 2.44. The molecule has 1 aromatic rings. The molecule has 0 radical (unpaired) electrons. The maximum Gasteiger partial charge on any atom is 0.250 e. The number of rotatable bonds is 2. The first kappa shape index (κ1) is 8.01. The Labute approximate surface area is 65.5 Å². The van der Waals surface area contributed by atoms with Crippen LogP contribution in [-0.4, -0.2) is 11.1 Å². The van der Waals surface area contributed by atoms with E-state index < -0.39 is 0 Å². The number of pyridine rings is 1. The summed E-state index contributed by atoms with van der Waals surface area (Å²) in [6.07, 6.45) is 1.81. The van der Waals surface area contributed by atoms with Gasteiger partial charge in [0.05, 0.1) is 0 Å². The molecule has 1 aromatic heterocycles. The lowest BCUT2D eigenvalue weighted by Crippen LogP contribution is -2.22. The normalized spacial score (nSPS) is 10.0. The molecule has 0 amide bonds. The summed E-state index contributed by atoms with van der Waals surface area (Å²) in [5, 5.41) is 0. The SMILES string of the molecule is Cc1ccc(=O)n(CCN)c1. The number of hydrogen-bond donors (Lipinski definition) is 1. The molecule has 3 heteroatoms. The Morgan fingerprint density at radius 1 is 1.55 bits per heavy atom. The van der Waals surface area contributed by atoms with E-state index in [9.17, 15) is 4.79 Å². The second kappa shape index (κ2) is 3.34. The van der Waals surface area contributed by atoms with E-state index in [0.29, 0.717) is 13.1 Å². The maximum absolute atomic E-state index is 11.1. The summed E-state index contributed by atoms with van der Waals surface area (Å²) in [6, 6.07) is 3.36. The molecule has 60 valence electrons. The zero-order valence-electron chi connectivity index (χ0n) is 6.58. The van der Waals surface area contributed by atoms with Gasteiger partial charge in [-0.3, -0.25) is 4.79 Å². The van der Waals surface area contributed by atoms with Gasteiger partial charge in [0.2, 0.25) is 0 Å². The summed E-state index contributed by atoms with van der Waals surface area (Å²) in [5.74, 6) is 0. The fourth-order valence-electron chi connectivity index (χ4n) is 0.965. The second-order valence-electron chi connectivity index (χ2n) is 2.53. The molecule has 0 fully saturated rings. The van der Waals surface area contributed by atoms with E-state index in [1.165, 1.54) is 0 Å². The first-order valence-corrected chi connectivity index (χ1v) is 3.61. The van der Waals surface area contributed by atoms with Crippen LogP contribution in [0.4, 0.5) is 0 Å². The molecule has 0 bridgehead atoms. The van der Waals surface area contributed by atoms with Crippen LogP contribution in [0.3, 0.4) is 0 Å². The van der Waals surface area contributed by atoms with Gasteiger partial charge in [-0.25, -0.2) is 0 Å². The Morgan fingerprint density at radius 2 is 2.27 bits per heavy atom. The highest BCUT2D eigenvalue weighted by Crippen LogP contribution is 1.90. The highest BCUT2D eigenvalue weighted by molar-refractivity contribution is 5.07. The van der Waals surface area contributed by atoms with Crippen LogP contribution in [0.1, 0.15) is 5.56 Å². The van der Waals surface area contributed by atoms with Crippen LogP contribution in [0, 0.1) is 6.92 Å². The molecule has 3 nitrogen and oxygen atoms in total. The molecule has 0 aliphatic heterocycles. The lowest BCUT2D eigenvalue weighted by molar-refractivity contribution is 0.678. The number of aromatic nitrogens is 1. The van der Waals surface area contributed by atoms with Gasteiger partial charge in [-0.1, -0.05) is 6.07 Å². The van der Waals surface area contributed by atoms with Gasteiger partial charge < -0.3 is 10.3 Å². The summed E-state index contributed by atoms with van der Waals surface area (Å²) < 4.78 is 1.62. The molecule has 0 unspecified atom stereocenters. The molecule has 0 atom stereocenters.